The second-order valence-corrected chi connectivity index (χ2v) is 9.07. The molecule has 0 aromatic heterocycles. The van der Waals surface area contributed by atoms with Gasteiger partial charge in [0.25, 0.3) is 0 Å². The molecular weight excluding hydrogens is 412 g/mol. The highest BCUT2D eigenvalue weighted by molar-refractivity contribution is 6.19. The molecule has 0 aromatic carbocycles. The first kappa shape index (κ1) is 28.3. The molecule has 0 N–H and O–H groups in total. The molecule has 4 heteroatoms. The fraction of sp³-hybridized carbons (Fsp3) is 0.483. The maximum atomic E-state index is 12.0. The molecule has 0 fully saturated rings. The van der Waals surface area contributed by atoms with Crippen molar-refractivity contribution in [3.05, 3.63) is 69.9 Å². The summed E-state index contributed by atoms with van der Waals surface area (Å²) in [5, 5.41) is 0. The van der Waals surface area contributed by atoms with Crippen LogP contribution in [0.3, 0.4) is 0 Å². The van der Waals surface area contributed by atoms with Gasteiger partial charge in [0, 0.05) is 18.1 Å². The molecule has 0 saturated heterocycles. The first-order chi connectivity index (χ1) is 15.6. The summed E-state index contributed by atoms with van der Waals surface area (Å²) in [6, 6.07) is 0. The van der Waals surface area contributed by atoms with Crippen LogP contribution in [0.2, 0.25) is 0 Å². The number of rotatable bonds is 13. The molecule has 0 saturated carbocycles. The summed E-state index contributed by atoms with van der Waals surface area (Å²) in [6.45, 7) is 11.9. The maximum Gasteiger partial charge on any atom is 0.302 e. The quantitative estimate of drug-likeness (QED) is 0.170. The summed E-state index contributed by atoms with van der Waals surface area (Å²) < 4.78 is 5.20. The van der Waals surface area contributed by atoms with Gasteiger partial charge < -0.3 is 4.74 Å². The van der Waals surface area contributed by atoms with E-state index in [9.17, 15) is 14.4 Å². The van der Waals surface area contributed by atoms with Crippen molar-refractivity contribution < 1.29 is 19.1 Å². The maximum absolute atomic E-state index is 12.0. The third-order valence-corrected chi connectivity index (χ3v) is 5.51. The molecule has 0 amide bonds. The Kier molecular flexibility index (Phi) is 13.0. The fourth-order valence-corrected chi connectivity index (χ4v) is 3.38. The molecule has 0 heterocycles. The molecule has 0 aliphatic heterocycles. The first-order valence-electron chi connectivity index (χ1n) is 11.8. The number of esters is 1. The fourth-order valence-electron chi connectivity index (χ4n) is 3.38. The largest absolute Gasteiger partial charge is 0.461 e. The Hall–Kier alpha value is -2.75. The number of hydrogen-bond donors (Lipinski definition) is 0. The Morgan fingerprint density at radius 2 is 1.39 bits per heavy atom. The lowest BCUT2D eigenvalue weighted by Gasteiger charge is -2.08. The SMILES string of the molecule is CC(=O)OC/C(=C\CC/C(C)=C/CC/C(C)=C/CC1=CC(=O)C(C)=CC1=O)CCC=C(C)C. The van der Waals surface area contributed by atoms with Crippen LogP contribution in [0.5, 0.6) is 0 Å². The van der Waals surface area contributed by atoms with Gasteiger partial charge in [0.2, 0.25) is 0 Å². The number of carbonyl (C=O) groups excluding carboxylic acids is 3. The summed E-state index contributed by atoms with van der Waals surface area (Å²) in [5.41, 5.74) is 6.10. The van der Waals surface area contributed by atoms with E-state index in [0.717, 1.165) is 38.5 Å². The monoisotopic (exact) mass is 452 g/mol. The first-order valence-corrected chi connectivity index (χ1v) is 11.8. The highest BCUT2D eigenvalue weighted by Crippen LogP contribution is 2.18. The van der Waals surface area contributed by atoms with E-state index in [1.807, 2.05) is 6.08 Å². The van der Waals surface area contributed by atoms with Gasteiger partial charge >= 0.3 is 5.97 Å². The number of ketones is 2. The van der Waals surface area contributed by atoms with E-state index < -0.39 is 0 Å². The summed E-state index contributed by atoms with van der Waals surface area (Å²) in [7, 11) is 0. The Labute approximate surface area is 199 Å². The molecule has 180 valence electrons. The van der Waals surface area contributed by atoms with Crippen molar-refractivity contribution in [2.75, 3.05) is 6.61 Å². The third-order valence-electron chi connectivity index (χ3n) is 5.51. The lowest BCUT2D eigenvalue weighted by atomic mass is 9.95. The van der Waals surface area contributed by atoms with Crippen LogP contribution in [0.4, 0.5) is 0 Å². The minimum atomic E-state index is -0.245. The Morgan fingerprint density at radius 1 is 0.788 bits per heavy atom. The Morgan fingerprint density at radius 3 is 2.03 bits per heavy atom. The average molecular weight is 453 g/mol. The van der Waals surface area contributed by atoms with E-state index in [2.05, 4.69) is 45.9 Å². The molecule has 0 atom stereocenters. The minimum absolute atomic E-state index is 0.0612. The van der Waals surface area contributed by atoms with Crippen LogP contribution >= 0.6 is 0 Å². The van der Waals surface area contributed by atoms with Gasteiger partial charge in [-0.05, 0) is 97.3 Å². The molecule has 0 radical (unpaired) electrons. The number of allylic oxidation sites excluding steroid dienone is 11. The molecular formula is C29H40O4. The van der Waals surface area contributed by atoms with Crippen LogP contribution in [0.25, 0.3) is 0 Å². The zero-order valence-electron chi connectivity index (χ0n) is 21.3. The van der Waals surface area contributed by atoms with E-state index in [0.29, 0.717) is 24.2 Å². The lowest BCUT2D eigenvalue weighted by Crippen LogP contribution is -2.11. The molecule has 33 heavy (non-hydrogen) atoms. The van der Waals surface area contributed by atoms with E-state index in [4.69, 9.17) is 4.74 Å². The van der Waals surface area contributed by atoms with Crippen LogP contribution in [-0.2, 0) is 19.1 Å². The van der Waals surface area contributed by atoms with Crippen molar-refractivity contribution in [3.63, 3.8) is 0 Å². The molecule has 0 unspecified atom stereocenters. The summed E-state index contributed by atoms with van der Waals surface area (Å²) >= 11 is 0. The van der Waals surface area contributed by atoms with E-state index in [-0.39, 0.29) is 17.5 Å². The van der Waals surface area contributed by atoms with Crippen LogP contribution in [0.1, 0.15) is 86.5 Å². The van der Waals surface area contributed by atoms with Crippen molar-refractivity contribution in [2.45, 2.75) is 86.5 Å². The van der Waals surface area contributed by atoms with Crippen molar-refractivity contribution in [1.82, 2.24) is 0 Å². The Balaban J connectivity index is 2.49. The highest BCUT2D eigenvalue weighted by atomic mass is 16.5. The van der Waals surface area contributed by atoms with E-state index in [1.54, 1.807) is 6.92 Å². The summed E-state index contributed by atoms with van der Waals surface area (Å²) in [5.74, 6) is -0.380. The predicted octanol–water partition coefficient (Wildman–Crippen LogP) is 7.09. The van der Waals surface area contributed by atoms with Crippen molar-refractivity contribution in [1.29, 1.82) is 0 Å². The van der Waals surface area contributed by atoms with Crippen molar-refractivity contribution in [3.8, 4) is 0 Å². The van der Waals surface area contributed by atoms with Crippen LogP contribution in [0.15, 0.2) is 69.9 Å². The summed E-state index contributed by atoms with van der Waals surface area (Å²) in [4.78, 5) is 34.9. The number of ether oxygens (including phenoxy) is 1. The van der Waals surface area contributed by atoms with Gasteiger partial charge in [0.05, 0.1) is 0 Å². The molecule has 1 aliphatic carbocycles. The van der Waals surface area contributed by atoms with Gasteiger partial charge in [-0.3, -0.25) is 14.4 Å². The third kappa shape index (κ3) is 12.8. The zero-order valence-corrected chi connectivity index (χ0v) is 21.3. The van der Waals surface area contributed by atoms with Gasteiger partial charge in [0.15, 0.2) is 11.6 Å². The molecule has 0 spiro atoms. The minimum Gasteiger partial charge on any atom is -0.461 e. The van der Waals surface area contributed by atoms with Gasteiger partial charge in [-0.1, -0.05) is 41.0 Å². The van der Waals surface area contributed by atoms with Crippen LogP contribution in [0, 0.1) is 0 Å². The second kappa shape index (κ2) is 15.2. The zero-order chi connectivity index (χ0) is 24.8. The average Bonchev–Trinajstić information content (AvgIpc) is 2.73. The molecule has 1 rings (SSSR count). The predicted molar refractivity (Wildman–Crippen MR) is 136 cm³/mol. The standard InChI is InChI=1S/C29H40O4/c1-21(2)10-7-14-26(20-33-25(6)30)15-9-13-22(3)11-8-12-23(4)16-17-27-19-28(31)24(5)18-29(27)32/h10-11,15-16,18-19H,7-9,12-14,17,20H2,1-6H3/b22-11+,23-16+,26-15-. The molecule has 4 nitrogen and oxygen atoms in total. The topological polar surface area (TPSA) is 60.4 Å². The van der Waals surface area contributed by atoms with Crippen LogP contribution < -0.4 is 0 Å². The summed E-state index contributed by atoms with van der Waals surface area (Å²) in [6.07, 6.45) is 17.8. The normalized spacial score (nSPS) is 15.3. The van der Waals surface area contributed by atoms with E-state index in [1.165, 1.54) is 41.4 Å². The van der Waals surface area contributed by atoms with Crippen molar-refractivity contribution in [2.24, 2.45) is 0 Å². The van der Waals surface area contributed by atoms with Gasteiger partial charge in [-0.15, -0.1) is 0 Å². The number of carbonyl (C=O) groups is 3. The van der Waals surface area contributed by atoms with Gasteiger partial charge in [-0.25, -0.2) is 0 Å². The van der Waals surface area contributed by atoms with Gasteiger partial charge in [-0.2, -0.15) is 0 Å². The Bertz CT molecular complexity index is 900. The smallest absolute Gasteiger partial charge is 0.302 e. The van der Waals surface area contributed by atoms with Crippen LogP contribution in [-0.4, -0.2) is 24.1 Å². The molecule has 0 bridgehead atoms. The highest BCUT2D eigenvalue weighted by Gasteiger charge is 2.16. The molecule has 0 aromatic rings. The number of hydrogen-bond acceptors (Lipinski definition) is 4. The lowest BCUT2D eigenvalue weighted by molar-refractivity contribution is -0.140. The van der Waals surface area contributed by atoms with Gasteiger partial charge in [0.1, 0.15) is 6.61 Å². The second-order valence-electron chi connectivity index (χ2n) is 9.07. The molecule has 1 aliphatic rings. The van der Waals surface area contributed by atoms with Crippen molar-refractivity contribution >= 4 is 17.5 Å². The van der Waals surface area contributed by atoms with E-state index >= 15 is 0 Å².